The van der Waals surface area contributed by atoms with Gasteiger partial charge in [0.2, 0.25) is 0 Å². The van der Waals surface area contributed by atoms with Crippen LogP contribution < -0.4 is 9.64 Å². The van der Waals surface area contributed by atoms with Crippen molar-refractivity contribution in [2.45, 2.75) is 13.8 Å². The standard InChI is InChI=1S/C45H34N6O/c1-31-45(32(2)51(48-31)35-17-7-4-8-18-35)33-27-36(49(34-15-5-3-6-16-34)43-21-11-13-25-46-43)29-38(28-33)52-37-23-24-40-39-19-9-10-20-41(39)50(42(40)30-37)44-22-12-14-26-47-44/h3-30H,1-2H3. The predicted octanol–water partition coefficient (Wildman–Crippen LogP) is 11.3. The van der Waals surface area contributed by atoms with Crippen LogP contribution in [0, 0.1) is 13.8 Å². The summed E-state index contributed by atoms with van der Waals surface area (Å²) in [5.74, 6) is 3.06. The number of hydrogen-bond donors (Lipinski definition) is 0. The molecule has 0 saturated carbocycles. The summed E-state index contributed by atoms with van der Waals surface area (Å²) < 4.78 is 11.1. The van der Waals surface area contributed by atoms with Crippen LogP contribution in [-0.4, -0.2) is 24.3 Å². The van der Waals surface area contributed by atoms with Gasteiger partial charge in [-0.25, -0.2) is 14.6 Å². The second-order valence-corrected chi connectivity index (χ2v) is 12.7. The number of nitrogens with zero attached hydrogens (tertiary/aromatic N) is 6. The zero-order valence-electron chi connectivity index (χ0n) is 28.8. The van der Waals surface area contributed by atoms with Gasteiger partial charge in [0.25, 0.3) is 0 Å². The van der Waals surface area contributed by atoms with Gasteiger partial charge in [-0.05, 0) is 98.3 Å². The fraction of sp³-hybridized carbons (Fsp3) is 0.0444. The summed E-state index contributed by atoms with van der Waals surface area (Å²) >= 11 is 0. The number of rotatable bonds is 8. The largest absolute Gasteiger partial charge is 0.457 e. The molecule has 52 heavy (non-hydrogen) atoms. The second kappa shape index (κ2) is 13.0. The molecule has 7 heteroatoms. The Morgan fingerprint density at radius 1 is 0.558 bits per heavy atom. The molecule has 5 aromatic carbocycles. The smallest absolute Gasteiger partial charge is 0.137 e. The molecule has 4 aromatic heterocycles. The molecule has 0 saturated heterocycles. The zero-order chi connectivity index (χ0) is 35.0. The molecule has 0 unspecified atom stereocenters. The van der Waals surface area contributed by atoms with Crippen LogP contribution in [0.15, 0.2) is 170 Å². The average molecular weight is 675 g/mol. The molecule has 9 aromatic rings. The molecule has 0 fully saturated rings. The van der Waals surface area contributed by atoms with Crippen molar-refractivity contribution in [1.29, 1.82) is 0 Å². The fourth-order valence-electron chi connectivity index (χ4n) is 7.16. The maximum atomic E-state index is 6.86. The van der Waals surface area contributed by atoms with Crippen molar-refractivity contribution in [3.8, 4) is 34.1 Å². The second-order valence-electron chi connectivity index (χ2n) is 12.7. The highest BCUT2D eigenvalue weighted by molar-refractivity contribution is 6.09. The van der Waals surface area contributed by atoms with Gasteiger partial charge < -0.3 is 4.74 Å². The third kappa shape index (κ3) is 5.54. The minimum Gasteiger partial charge on any atom is -0.457 e. The number of aryl methyl sites for hydroxylation is 1. The molecular weight excluding hydrogens is 641 g/mol. The van der Waals surface area contributed by atoms with E-state index in [1.165, 1.54) is 0 Å². The van der Waals surface area contributed by atoms with Crippen molar-refractivity contribution >= 4 is 39.0 Å². The monoisotopic (exact) mass is 674 g/mol. The Balaban J connectivity index is 1.23. The van der Waals surface area contributed by atoms with Gasteiger partial charge in [0.1, 0.15) is 23.1 Å². The number of pyridine rings is 2. The van der Waals surface area contributed by atoms with E-state index in [9.17, 15) is 0 Å². The lowest BCUT2D eigenvalue weighted by Gasteiger charge is -2.25. The van der Waals surface area contributed by atoms with Crippen LogP contribution in [0.5, 0.6) is 11.5 Å². The molecule has 9 rings (SSSR count). The first kappa shape index (κ1) is 31.0. The Morgan fingerprint density at radius 2 is 1.27 bits per heavy atom. The molecule has 250 valence electrons. The summed E-state index contributed by atoms with van der Waals surface area (Å²) in [6, 6.07) is 53.6. The van der Waals surface area contributed by atoms with Crippen LogP contribution in [-0.2, 0) is 0 Å². The molecule has 0 bridgehead atoms. The topological polar surface area (TPSA) is 61.0 Å². The molecule has 4 heterocycles. The third-order valence-electron chi connectivity index (χ3n) is 9.38. The zero-order valence-corrected chi connectivity index (χ0v) is 28.8. The van der Waals surface area contributed by atoms with E-state index in [1.807, 2.05) is 95.9 Å². The summed E-state index contributed by atoms with van der Waals surface area (Å²) in [7, 11) is 0. The molecule has 0 radical (unpaired) electrons. The van der Waals surface area contributed by atoms with Crippen molar-refractivity contribution in [3.05, 3.63) is 182 Å². The molecule has 0 amide bonds. The van der Waals surface area contributed by atoms with Crippen molar-refractivity contribution in [1.82, 2.24) is 24.3 Å². The van der Waals surface area contributed by atoms with Crippen LogP contribution >= 0.6 is 0 Å². The van der Waals surface area contributed by atoms with Gasteiger partial charge in [0.05, 0.1) is 28.1 Å². The summed E-state index contributed by atoms with van der Waals surface area (Å²) in [5, 5.41) is 7.29. The van der Waals surface area contributed by atoms with Crippen molar-refractivity contribution in [2.24, 2.45) is 0 Å². The van der Waals surface area contributed by atoms with Crippen LogP contribution in [0.3, 0.4) is 0 Å². The predicted molar refractivity (Wildman–Crippen MR) is 210 cm³/mol. The summed E-state index contributed by atoms with van der Waals surface area (Å²) in [6.07, 6.45) is 3.65. The highest BCUT2D eigenvalue weighted by atomic mass is 16.5. The molecule has 0 spiro atoms. The van der Waals surface area contributed by atoms with E-state index >= 15 is 0 Å². The van der Waals surface area contributed by atoms with Crippen LogP contribution in [0.2, 0.25) is 0 Å². The lowest BCUT2D eigenvalue weighted by Crippen LogP contribution is -2.11. The normalized spacial score (nSPS) is 11.3. The number of para-hydroxylation sites is 3. The van der Waals surface area contributed by atoms with E-state index in [2.05, 4.69) is 102 Å². The van der Waals surface area contributed by atoms with Crippen LogP contribution in [0.25, 0.3) is 44.4 Å². The highest BCUT2D eigenvalue weighted by Gasteiger charge is 2.21. The first-order valence-corrected chi connectivity index (χ1v) is 17.3. The summed E-state index contributed by atoms with van der Waals surface area (Å²) in [4.78, 5) is 11.6. The van der Waals surface area contributed by atoms with Gasteiger partial charge in [-0.15, -0.1) is 0 Å². The van der Waals surface area contributed by atoms with Crippen LogP contribution in [0.1, 0.15) is 11.4 Å². The average Bonchev–Trinajstić information content (AvgIpc) is 3.68. The first-order valence-electron chi connectivity index (χ1n) is 17.3. The Kier molecular flexibility index (Phi) is 7.78. The Labute approximate surface area is 301 Å². The number of ether oxygens (including phenoxy) is 1. The van der Waals surface area contributed by atoms with Gasteiger partial charge in [-0.3, -0.25) is 9.47 Å². The minimum absolute atomic E-state index is 0.690. The Bertz CT molecular complexity index is 2630. The van der Waals surface area contributed by atoms with E-state index in [1.54, 1.807) is 0 Å². The quantitative estimate of drug-likeness (QED) is 0.161. The Hall–Kier alpha value is -6.99. The molecule has 0 N–H and O–H groups in total. The molecule has 0 atom stereocenters. The van der Waals surface area contributed by atoms with E-state index in [-0.39, 0.29) is 0 Å². The van der Waals surface area contributed by atoms with Gasteiger partial charge in [-0.2, -0.15) is 5.10 Å². The number of hydrogen-bond acceptors (Lipinski definition) is 5. The van der Waals surface area contributed by atoms with E-state index in [0.29, 0.717) is 11.5 Å². The number of fused-ring (bicyclic) bond motifs is 3. The van der Waals surface area contributed by atoms with Gasteiger partial charge in [-0.1, -0.05) is 66.7 Å². The van der Waals surface area contributed by atoms with Crippen molar-refractivity contribution in [2.75, 3.05) is 4.90 Å². The van der Waals surface area contributed by atoms with Crippen molar-refractivity contribution < 1.29 is 4.74 Å². The number of anilines is 3. The summed E-state index contributed by atoms with van der Waals surface area (Å²) in [6.45, 7) is 4.18. The summed E-state index contributed by atoms with van der Waals surface area (Å²) in [5.41, 5.74) is 9.02. The van der Waals surface area contributed by atoms with Crippen molar-refractivity contribution in [3.63, 3.8) is 0 Å². The molecule has 0 aliphatic carbocycles. The first-order chi connectivity index (χ1) is 25.6. The SMILES string of the molecule is Cc1nn(-c2ccccc2)c(C)c1-c1cc(Oc2ccc3c4ccccc4n(-c4ccccn4)c3c2)cc(N(c2ccccc2)c2ccccn2)c1. The molecule has 0 aliphatic heterocycles. The van der Waals surface area contributed by atoms with Gasteiger partial charge >= 0.3 is 0 Å². The highest BCUT2D eigenvalue weighted by Crippen LogP contribution is 2.42. The van der Waals surface area contributed by atoms with Crippen LogP contribution in [0.4, 0.5) is 17.2 Å². The van der Waals surface area contributed by atoms with E-state index in [4.69, 9.17) is 19.8 Å². The third-order valence-corrected chi connectivity index (χ3v) is 9.38. The molecule has 0 aliphatic rings. The molecule has 7 nitrogen and oxygen atoms in total. The van der Waals surface area contributed by atoms with E-state index < -0.39 is 0 Å². The maximum Gasteiger partial charge on any atom is 0.137 e. The van der Waals surface area contributed by atoms with E-state index in [0.717, 1.165) is 73.0 Å². The lowest BCUT2D eigenvalue weighted by molar-refractivity contribution is 0.483. The maximum absolute atomic E-state index is 6.86. The van der Waals surface area contributed by atoms with Gasteiger partial charge in [0.15, 0.2) is 0 Å². The lowest BCUT2D eigenvalue weighted by atomic mass is 10.0. The number of aromatic nitrogens is 5. The molecular formula is C45H34N6O. The van der Waals surface area contributed by atoms with Gasteiger partial charge in [0, 0.05) is 52.2 Å². The Morgan fingerprint density at radius 3 is 2.04 bits per heavy atom. The minimum atomic E-state index is 0.690. The fourth-order valence-corrected chi connectivity index (χ4v) is 7.16. The number of benzene rings is 5.